The molecule has 3 aliphatic heterocycles. The number of benzene rings is 2. The summed E-state index contributed by atoms with van der Waals surface area (Å²) >= 11 is 0. The second kappa shape index (κ2) is 11.7. The van der Waals surface area contributed by atoms with Crippen LogP contribution in [0, 0.1) is 24.0 Å². The Kier molecular flexibility index (Phi) is 7.55. The molecule has 11 heteroatoms. The van der Waals surface area contributed by atoms with Gasteiger partial charge in [0.25, 0.3) is 0 Å². The minimum Gasteiger partial charge on any atom is -0.467 e. The van der Waals surface area contributed by atoms with E-state index in [-0.39, 0.29) is 34.7 Å². The second-order valence-corrected chi connectivity index (χ2v) is 11.7. The molecule has 2 bridgehead atoms. The smallest absolute Gasteiger partial charge is 0.318 e. The van der Waals surface area contributed by atoms with Gasteiger partial charge in [0.05, 0.1) is 31.3 Å². The molecular weight excluding hydrogens is 578 g/mol. The third-order valence-corrected chi connectivity index (χ3v) is 9.26. The van der Waals surface area contributed by atoms with Crippen LogP contribution in [0.15, 0.2) is 48.7 Å². The molecule has 3 aliphatic rings. The molecule has 0 spiro atoms. The summed E-state index contributed by atoms with van der Waals surface area (Å²) in [6.45, 7) is 3.34. The highest BCUT2D eigenvalue weighted by Gasteiger charge is 2.41. The van der Waals surface area contributed by atoms with Gasteiger partial charge in [-0.3, -0.25) is 14.7 Å². The molecule has 3 atom stereocenters. The van der Waals surface area contributed by atoms with E-state index in [1.54, 1.807) is 30.3 Å². The van der Waals surface area contributed by atoms with Crippen LogP contribution in [0.4, 0.5) is 14.6 Å². The van der Waals surface area contributed by atoms with E-state index in [0.29, 0.717) is 59.1 Å². The van der Waals surface area contributed by atoms with Gasteiger partial charge >= 0.3 is 6.01 Å². The molecule has 3 fully saturated rings. The van der Waals surface area contributed by atoms with Gasteiger partial charge in [0.1, 0.15) is 22.8 Å². The Balaban J connectivity index is 1.16. The number of likely N-dealkylation sites (N-methyl/N-ethyl adjacent to an activating group) is 1. The molecule has 4 aromatic rings. The first-order valence-corrected chi connectivity index (χ1v) is 15.0. The molecule has 9 nitrogen and oxygen atoms in total. The summed E-state index contributed by atoms with van der Waals surface area (Å²) in [4.78, 5) is 32.5. The molecule has 230 valence electrons. The van der Waals surface area contributed by atoms with Crippen molar-refractivity contribution in [1.29, 1.82) is 0 Å². The van der Waals surface area contributed by atoms with Crippen LogP contribution in [0.5, 0.6) is 6.01 Å². The summed E-state index contributed by atoms with van der Waals surface area (Å²) < 4.78 is 41.9. The number of halogens is 2. The number of amides is 1. The molecule has 1 amide bonds. The standard InChI is InChI=1S/C34H32F2N6O3/c1-4-24-27(35)11-10-20-7-5-8-25(29(20)24)31-30(36)32-26(16-37-31)33(39-34(38-32)44-3)40(2)21-12-14-41(17-21)28(43)9-6-13-42-22-15-23(42)19-45-18-22/h1,5-11,16,21-23H,12-15,17-19H2,2-3H3/b9-6+. The van der Waals surface area contributed by atoms with Crippen molar-refractivity contribution in [2.24, 2.45) is 0 Å². The number of hydrogen-bond acceptors (Lipinski definition) is 8. The lowest BCUT2D eigenvalue weighted by Gasteiger charge is -2.52. The van der Waals surface area contributed by atoms with Crippen molar-refractivity contribution >= 4 is 33.4 Å². The van der Waals surface area contributed by atoms with Crippen molar-refractivity contribution in [3.63, 3.8) is 0 Å². The van der Waals surface area contributed by atoms with Gasteiger partial charge in [-0.2, -0.15) is 9.97 Å². The number of likely N-dealkylation sites (tertiary alicyclic amines) is 1. The lowest BCUT2D eigenvalue weighted by molar-refractivity contribution is -0.125. The summed E-state index contributed by atoms with van der Waals surface area (Å²) in [6.07, 6.45) is 12.6. The number of hydrogen-bond donors (Lipinski definition) is 0. The van der Waals surface area contributed by atoms with E-state index in [1.807, 2.05) is 22.9 Å². The van der Waals surface area contributed by atoms with Crippen LogP contribution in [-0.4, -0.2) is 95.8 Å². The Bertz CT molecular complexity index is 1880. The molecule has 0 saturated carbocycles. The maximum absolute atomic E-state index is 16.4. The summed E-state index contributed by atoms with van der Waals surface area (Å²) in [5, 5.41) is 1.45. The first-order valence-electron chi connectivity index (χ1n) is 15.0. The SMILES string of the molecule is C#Cc1c(F)ccc2cccc(-c3ncc4c(N(C)C5CCN(C(=O)/C=C/CN6C7COCC6C7)C5)nc(OC)nc4c3F)c12. The minimum absolute atomic E-state index is 0.0105. The van der Waals surface area contributed by atoms with E-state index in [4.69, 9.17) is 15.9 Å². The lowest BCUT2D eigenvalue weighted by atomic mass is 9.91. The number of fused-ring (bicyclic) bond motifs is 4. The number of nitrogens with zero attached hydrogens (tertiary/aromatic N) is 6. The highest BCUT2D eigenvalue weighted by molar-refractivity contribution is 6.02. The molecule has 2 aromatic carbocycles. The number of rotatable bonds is 7. The number of morpholine rings is 1. The Morgan fingerprint density at radius 1 is 1.22 bits per heavy atom. The minimum atomic E-state index is -0.700. The second-order valence-electron chi connectivity index (χ2n) is 11.7. The van der Waals surface area contributed by atoms with Crippen LogP contribution in [0.2, 0.25) is 0 Å². The zero-order chi connectivity index (χ0) is 31.2. The van der Waals surface area contributed by atoms with Gasteiger partial charge < -0.3 is 19.3 Å². The molecule has 45 heavy (non-hydrogen) atoms. The molecule has 2 aromatic heterocycles. The van der Waals surface area contributed by atoms with Crippen LogP contribution in [-0.2, 0) is 9.53 Å². The number of anilines is 1. The van der Waals surface area contributed by atoms with Gasteiger partial charge in [-0.1, -0.05) is 36.3 Å². The third kappa shape index (κ3) is 5.04. The number of carbonyl (C=O) groups is 1. The molecule has 3 saturated heterocycles. The number of aromatic nitrogens is 3. The first kappa shape index (κ1) is 29.1. The normalized spacial score (nSPS) is 21.3. The van der Waals surface area contributed by atoms with Gasteiger partial charge in [-0.05, 0) is 24.3 Å². The average Bonchev–Trinajstić information content (AvgIpc) is 3.57. The van der Waals surface area contributed by atoms with Crippen LogP contribution < -0.4 is 9.64 Å². The first-order chi connectivity index (χ1) is 21.9. The van der Waals surface area contributed by atoms with Crippen molar-refractivity contribution in [2.45, 2.75) is 31.0 Å². The zero-order valence-electron chi connectivity index (χ0n) is 25.0. The number of pyridine rings is 1. The number of ether oxygens (including phenoxy) is 2. The fraction of sp³-hybridized carbons (Fsp3) is 0.353. The van der Waals surface area contributed by atoms with Gasteiger partial charge in [0, 0.05) is 68.0 Å². The predicted molar refractivity (Wildman–Crippen MR) is 167 cm³/mol. The summed E-state index contributed by atoms with van der Waals surface area (Å²) in [5.74, 6) is 1.53. The van der Waals surface area contributed by atoms with E-state index < -0.39 is 11.6 Å². The molecule has 0 radical (unpaired) electrons. The lowest BCUT2D eigenvalue weighted by Crippen LogP contribution is -2.63. The van der Waals surface area contributed by atoms with E-state index in [9.17, 15) is 9.18 Å². The average molecular weight is 611 g/mol. The Labute approximate surface area is 259 Å². The predicted octanol–water partition coefficient (Wildman–Crippen LogP) is 4.18. The van der Waals surface area contributed by atoms with Crippen LogP contribution in [0.25, 0.3) is 32.9 Å². The Hall–Kier alpha value is -4.66. The van der Waals surface area contributed by atoms with Crippen LogP contribution >= 0.6 is 0 Å². The molecule has 0 aliphatic carbocycles. The van der Waals surface area contributed by atoms with Gasteiger partial charge in [0.15, 0.2) is 5.82 Å². The van der Waals surface area contributed by atoms with E-state index >= 15 is 4.39 Å². The quantitative estimate of drug-likeness (QED) is 0.228. The van der Waals surface area contributed by atoms with Crippen molar-refractivity contribution in [1.82, 2.24) is 24.8 Å². The molecular formula is C34H32F2N6O3. The molecule has 3 unspecified atom stereocenters. The number of carbonyl (C=O) groups excluding carboxylic acids is 1. The van der Waals surface area contributed by atoms with E-state index in [2.05, 4.69) is 25.8 Å². The van der Waals surface area contributed by atoms with E-state index in [1.165, 1.54) is 25.8 Å². The molecule has 7 rings (SSSR count). The number of methoxy groups -OCH3 is 1. The van der Waals surface area contributed by atoms with Crippen molar-refractivity contribution in [3.8, 4) is 29.6 Å². The molecule has 0 N–H and O–H groups in total. The topological polar surface area (TPSA) is 83.9 Å². The maximum Gasteiger partial charge on any atom is 0.318 e. The summed E-state index contributed by atoms with van der Waals surface area (Å²) in [6, 6.07) is 8.92. The summed E-state index contributed by atoms with van der Waals surface area (Å²) in [5.41, 5.74) is 0.399. The Morgan fingerprint density at radius 2 is 2.04 bits per heavy atom. The fourth-order valence-electron chi connectivity index (χ4n) is 6.78. The maximum atomic E-state index is 16.4. The largest absolute Gasteiger partial charge is 0.467 e. The van der Waals surface area contributed by atoms with Crippen LogP contribution in [0.3, 0.4) is 0 Å². The number of terminal acetylenes is 1. The van der Waals surface area contributed by atoms with E-state index in [0.717, 1.165) is 19.8 Å². The van der Waals surface area contributed by atoms with Crippen molar-refractivity contribution < 1.29 is 23.0 Å². The zero-order valence-corrected chi connectivity index (χ0v) is 25.0. The highest BCUT2D eigenvalue weighted by Crippen LogP contribution is 2.37. The van der Waals surface area contributed by atoms with Crippen molar-refractivity contribution in [3.05, 3.63) is 65.9 Å². The highest BCUT2D eigenvalue weighted by atomic mass is 19.1. The van der Waals surface area contributed by atoms with Gasteiger partial charge in [-0.15, -0.1) is 6.42 Å². The Morgan fingerprint density at radius 3 is 2.80 bits per heavy atom. The monoisotopic (exact) mass is 610 g/mol. The summed E-state index contributed by atoms with van der Waals surface area (Å²) in [7, 11) is 3.28. The third-order valence-electron chi connectivity index (χ3n) is 9.26. The van der Waals surface area contributed by atoms with Crippen LogP contribution in [0.1, 0.15) is 18.4 Å². The fourth-order valence-corrected chi connectivity index (χ4v) is 6.78. The molecule has 5 heterocycles. The van der Waals surface area contributed by atoms with Gasteiger partial charge in [0.2, 0.25) is 5.91 Å². The van der Waals surface area contributed by atoms with Gasteiger partial charge in [-0.25, -0.2) is 8.78 Å². The van der Waals surface area contributed by atoms with Crippen molar-refractivity contribution in [2.75, 3.05) is 51.9 Å².